The van der Waals surface area contributed by atoms with Crippen LogP contribution >= 0.6 is 0 Å². The highest BCUT2D eigenvalue weighted by atomic mass is 16.4. The molecular formula is C19H23N3O5. The Kier molecular flexibility index (Phi) is 6.33. The maximum absolute atomic E-state index is 12.7. The van der Waals surface area contributed by atoms with Crippen LogP contribution in [0.4, 0.5) is 10.5 Å². The average Bonchev–Trinajstić information content (AvgIpc) is 2.62. The number of hydrogen-bond acceptors (Lipinski definition) is 5. The zero-order valence-corrected chi connectivity index (χ0v) is 15.6. The molecule has 1 aromatic rings. The van der Waals surface area contributed by atoms with E-state index in [0.29, 0.717) is 16.9 Å². The molecule has 0 atom stereocenters. The van der Waals surface area contributed by atoms with Crippen molar-refractivity contribution in [2.24, 2.45) is 0 Å². The number of carboxylic acids is 1. The van der Waals surface area contributed by atoms with Crippen molar-refractivity contribution in [3.8, 4) is 0 Å². The Bertz CT molecular complexity index is 783. The maximum atomic E-state index is 12.7. The van der Waals surface area contributed by atoms with Gasteiger partial charge < -0.3 is 10.0 Å². The van der Waals surface area contributed by atoms with E-state index in [4.69, 9.17) is 5.11 Å². The normalized spacial score (nSPS) is 16.3. The molecule has 1 aliphatic rings. The van der Waals surface area contributed by atoms with E-state index < -0.39 is 30.4 Å². The third-order valence-electron chi connectivity index (χ3n) is 4.16. The highest BCUT2D eigenvalue weighted by molar-refractivity contribution is 6.31. The molecule has 1 aromatic carbocycles. The van der Waals surface area contributed by atoms with Gasteiger partial charge >= 0.3 is 12.0 Å². The van der Waals surface area contributed by atoms with Crippen molar-refractivity contribution in [1.82, 2.24) is 9.80 Å². The van der Waals surface area contributed by atoms with E-state index in [1.807, 2.05) is 38.1 Å². The second-order valence-corrected chi connectivity index (χ2v) is 6.42. The monoisotopic (exact) mass is 373 g/mol. The first kappa shape index (κ1) is 20.2. The lowest BCUT2D eigenvalue weighted by Gasteiger charge is -2.33. The summed E-state index contributed by atoms with van der Waals surface area (Å²) in [5.74, 6) is -2.91. The fourth-order valence-corrected chi connectivity index (χ4v) is 2.65. The Hall–Kier alpha value is -3.16. The second kappa shape index (κ2) is 8.48. The van der Waals surface area contributed by atoms with Gasteiger partial charge in [-0.1, -0.05) is 25.5 Å². The number of rotatable bonds is 7. The summed E-state index contributed by atoms with van der Waals surface area (Å²) in [6, 6.07) is 6.27. The van der Waals surface area contributed by atoms with Crippen LogP contribution in [0.25, 0.3) is 6.08 Å². The fraction of sp³-hybridized carbons (Fsp3) is 0.368. The number of urea groups is 1. The van der Waals surface area contributed by atoms with Crippen molar-refractivity contribution in [2.75, 3.05) is 32.1 Å². The first-order chi connectivity index (χ1) is 12.8. The van der Waals surface area contributed by atoms with Crippen LogP contribution in [0, 0.1) is 0 Å². The Morgan fingerprint density at radius 2 is 1.67 bits per heavy atom. The van der Waals surface area contributed by atoms with Crippen molar-refractivity contribution in [2.45, 2.75) is 19.8 Å². The van der Waals surface area contributed by atoms with E-state index in [1.54, 1.807) is 12.1 Å². The number of carbonyl (C=O) groups is 4. The van der Waals surface area contributed by atoms with Gasteiger partial charge in [0.05, 0.1) is 0 Å². The van der Waals surface area contributed by atoms with Gasteiger partial charge in [0, 0.05) is 26.3 Å². The summed E-state index contributed by atoms with van der Waals surface area (Å²) in [5.41, 5.74) is 1.34. The topological polar surface area (TPSA) is 98.2 Å². The second-order valence-electron chi connectivity index (χ2n) is 6.42. The van der Waals surface area contributed by atoms with Gasteiger partial charge in [0.15, 0.2) is 0 Å². The molecule has 2 rings (SSSR count). The number of anilines is 1. The van der Waals surface area contributed by atoms with Gasteiger partial charge in [0.25, 0.3) is 11.8 Å². The van der Waals surface area contributed by atoms with Crippen molar-refractivity contribution >= 4 is 35.6 Å². The van der Waals surface area contributed by atoms with E-state index in [0.717, 1.165) is 17.0 Å². The Labute approximate surface area is 157 Å². The third kappa shape index (κ3) is 4.52. The highest BCUT2D eigenvalue weighted by Crippen LogP contribution is 2.22. The van der Waals surface area contributed by atoms with Crippen LogP contribution in [-0.2, 0) is 14.4 Å². The molecule has 0 bridgehead atoms. The van der Waals surface area contributed by atoms with E-state index in [-0.39, 0.29) is 12.1 Å². The van der Waals surface area contributed by atoms with Gasteiger partial charge in [0.2, 0.25) is 0 Å². The average molecular weight is 373 g/mol. The van der Waals surface area contributed by atoms with Gasteiger partial charge in [-0.25, -0.2) is 9.69 Å². The first-order valence-electron chi connectivity index (χ1n) is 8.64. The zero-order valence-electron chi connectivity index (χ0n) is 15.6. The molecule has 1 fully saturated rings. The van der Waals surface area contributed by atoms with E-state index >= 15 is 0 Å². The molecule has 0 spiro atoms. The summed E-state index contributed by atoms with van der Waals surface area (Å²) in [7, 11) is 3.78. The zero-order chi connectivity index (χ0) is 20.1. The van der Waals surface area contributed by atoms with Crippen LogP contribution in [-0.4, -0.2) is 65.9 Å². The van der Waals surface area contributed by atoms with E-state index in [1.165, 1.54) is 6.08 Å². The number of carbonyl (C=O) groups excluding carboxylic acids is 3. The number of barbiturate groups is 1. The van der Waals surface area contributed by atoms with Gasteiger partial charge in [-0.15, -0.1) is 0 Å². The summed E-state index contributed by atoms with van der Waals surface area (Å²) in [6.07, 6.45) is 2.71. The van der Waals surface area contributed by atoms with Gasteiger partial charge in [-0.05, 0) is 30.2 Å². The molecule has 0 saturated carbocycles. The largest absolute Gasteiger partial charge is 0.480 e. The molecule has 1 aliphatic heterocycles. The molecule has 8 heteroatoms. The number of nitrogens with zero attached hydrogens (tertiary/aromatic N) is 3. The summed E-state index contributed by atoms with van der Waals surface area (Å²) >= 11 is 0. The molecule has 8 nitrogen and oxygen atoms in total. The third-order valence-corrected chi connectivity index (χ3v) is 4.16. The molecule has 0 aliphatic carbocycles. The minimum atomic E-state index is -1.32. The number of unbranched alkanes of at least 4 members (excludes halogenated alkanes) is 1. The molecule has 0 radical (unpaired) electrons. The number of benzene rings is 1. The molecule has 4 amide bonds. The minimum absolute atomic E-state index is 0.133. The molecule has 1 heterocycles. The van der Waals surface area contributed by atoms with Crippen molar-refractivity contribution in [3.05, 3.63) is 35.4 Å². The number of imide groups is 2. The van der Waals surface area contributed by atoms with Gasteiger partial charge in [0.1, 0.15) is 12.1 Å². The molecule has 0 unspecified atom stereocenters. The first-order valence-corrected chi connectivity index (χ1v) is 8.64. The van der Waals surface area contributed by atoms with Crippen molar-refractivity contribution < 1.29 is 24.3 Å². The highest BCUT2D eigenvalue weighted by Gasteiger charge is 2.42. The van der Waals surface area contributed by atoms with Crippen molar-refractivity contribution in [3.63, 3.8) is 0 Å². The summed E-state index contributed by atoms with van der Waals surface area (Å²) in [6.45, 7) is 1.25. The summed E-state index contributed by atoms with van der Waals surface area (Å²) < 4.78 is 0. The predicted octanol–water partition coefficient (Wildman–Crippen LogP) is 1.81. The lowest BCUT2D eigenvalue weighted by Crippen LogP contribution is -2.57. The standard InChI is InChI=1S/C19H23N3O5/c1-4-5-10-21-17(25)15(18(26)22(19(21)27)12-16(23)24)11-13-6-8-14(9-7-13)20(2)3/h6-9,11H,4-5,10,12H2,1-3H3,(H,23,24)/b15-11+. The van der Waals surface area contributed by atoms with Crippen LogP contribution < -0.4 is 4.90 Å². The van der Waals surface area contributed by atoms with Crippen molar-refractivity contribution in [1.29, 1.82) is 0 Å². The number of carboxylic acid groups (broad SMARTS) is 1. The number of hydrogen-bond donors (Lipinski definition) is 1. The molecule has 144 valence electrons. The molecular weight excluding hydrogens is 350 g/mol. The number of aliphatic carboxylic acids is 1. The van der Waals surface area contributed by atoms with Crippen LogP contribution in [0.5, 0.6) is 0 Å². The fourth-order valence-electron chi connectivity index (χ4n) is 2.65. The lowest BCUT2D eigenvalue weighted by molar-refractivity contribution is -0.144. The SMILES string of the molecule is CCCCN1C(=O)/C(=C\c2ccc(N(C)C)cc2)C(=O)N(CC(=O)O)C1=O. The Balaban J connectivity index is 2.41. The Morgan fingerprint density at radius 3 is 2.19 bits per heavy atom. The van der Waals surface area contributed by atoms with Gasteiger partial charge in [-0.2, -0.15) is 0 Å². The lowest BCUT2D eigenvalue weighted by atomic mass is 10.1. The van der Waals surface area contributed by atoms with E-state index in [2.05, 4.69) is 0 Å². The van der Waals surface area contributed by atoms with Gasteiger partial charge in [-0.3, -0.25) is 19.3 Å². The van der Waals surface area contributed by atoms with Crippen LogP contribution in [0.15, 0.2) is 29.8 Å². The molecule has 1 N–H and O–H groups in total. The summed E-state index contributed by atoms with van der Waals surface area (Å²) in [5, 5.41) is 9.01. The quantitative estimate of drug-likeness (QED) is 0.578. The molecule has 0 aromatic heterocycles. The Morgan fingerprint density at radius 1 is 1.07 bits per heavy atom. The molecule has 27 heavy (non-hydrogen) atoms. The van der Waals surface area contributed by atoms with Crippen LogP contribution in [0.2, 0.25) is 0 Å². The van der Waals surface area contributed by atoms with E-state index in [9.17, 15) is 19.2 Å². The molecule has 1 saturated heterocycles. The minimum Gasteiger partial charge on any atom is -0.480 e. The van der Waals surface area contributed by atoms with Crippen LogP contribution in [0.3, 0.4) is 0 Å². The van der Waals surface area contributed by atoms with Crippen LogP contribution in [0.1, 0.15) is 25.3 Å². The number of amides is 4. The maximum Gasteiger partial charge on any atom is 0.334 e. The summed E-state index contributed by atoms with van der Waals surface area (Å²) in [4.78, 5) is 52.2. The smallest absolute Gasteiger partial charge is 0.334 e. The predicted molar refractivity (Wildman–Crippen MR) is 100 cm³/mol.